The number of benzene rings is 2. The van der Waals surface area contributed by atoms with Gasteiger partial charge in [0.15, 0.2) is 5.71 Å². The highest BCUT2D eigenvalue weighted by molar-refractivity contribution is 6.54. The molecule has 0 radical (unpaired) electrons. The minimum absolute atomic E-state index is 0.128. The Hall–Kier alpha value is -3.72. The van der Waals surface area contributed by atoms with Crippen molar-refractivity contribution in [2.45, 2.75) is 19.9 Å². The number of carbonyl (C=O) groups is 1. The van der Waals surface area contributed by atoms with E-state index in [0.717, 1.165) is 27.7 Å². The van der Waals surface area contributed by atoms with E-state index in [1.165, 1.54) is 0 Å². The lowest BCUT2D eigenvalue weighted by Crippen LogP contribution is -2.29. The molecule has 2 aromatic carbocycles. The fraction of sp³-hybridized carbons (Fsp3) is 0.182. The molecule has 0 saturated carbocycles. The third-order valence-electron chi connectivity index (χ3n) is 4.85. The van der Waals surface area contributed by atoms with Gasteiger partial charge in [-0.25, -0.2) is 0 Å². The second kappa shape index (κ2) is 7.49. The van der Waals surface area contributed by atoms with Crippen LogP contribution in [0.15, 0.2) is 64.9 Å². The highest BCUT2D eigenvalue weighted by Crippen LogP contribution is 2.29. The number of carbonyl (C=O) groups excluding carboxylic acids is 1. The molecule has 0 N–H and O–H groups in total. The number of fused-ring (bicyclic) bond motifs is 2. The first-order valence-electron chi connectivity index (χ1n) is 9.21. The van der Waals surface area contributed by atoms with E-state index in [2.05, 4.69) is 16.3 Å². The molecule has 6 nitrogen and oxygen atoms in total. The molecule has 1 aliphatic heterocycles. The molecular formula is C22H19N5O. The van der Waals surface area contributed by atoms with Gasteiger partial charge in [0.25, 0.3) is 5.91 Å². The van der Waals surface area contributed by atoms with E-state index >= 15 is 0 Å². The molecule has 1 aromatic heterocycles. The number of rotatable bonds is 5. The number of aromatic nitrogens is 1. The van der Waals surface area contributed by atoms with Gasteiger partial charge in [-0.15, -0.1) is 5.10 Å². The zero-order valence-corrected chi connectivity index (χ0v) is 15.5. The number of para-hydroxylation sites is 2. The predicted octanol–water partition coefficient (Wildman–Crippen LogP) is 3.74. The van der Waals surface area contributed by atoms with Gasteiger partial charge in [-0.3, -0.25) is 4.79 Å². The number of likely N-dealkylation sites (N-methyl/N-ethyl adjacent to an activating group) is 1. The average Bonchev–Trinajstić information content (AvgIpc) is 3.21. The third kappa shape index (κ3) is 2.97. The largest absolute Gasteiger partial charge is 0.346 e. The molecule has 0 atom stereocenters. The van der Waals surface area contributed by atoms with Crippen molar-refractivity contribution < 1.29 is 4.79 Å². The van der Waals surface area contributed by atoms with E-state index in [-0.39, 0.29) is 5.91 Å². The van der Waals surface area contributed by atoms with E-state index in [4.69, 9.17) is 5.26 Å². The fourth-order valence-electron chi connectivity index (χ4n) is 3.55. The van der Waals surface area contributed by atoms with Gasteiger partial charge >= 0.3 is 0 Å². The molecule has 138 valence electrons. The molecule has 1 aliphatic rings. The summed E-state index contributed by atoms with van der Waals surface area (Å²) in [5, 5.41) is 18.4. The van der Waals surface area contributed by atoms with Gasteiger partial charge in [-0.1, -0.05) is 36.4 Å². The second-order valence-corrected chi connectivity index (χ2v) is 6.46. The lowest BCUT2D eigenvalue weighted by atomic mass is 10.1. The van der Waals surface area contributed by atoms with Gasteiger partial charge in [0.1, 0.15) is 0 Å². The van der Waals surface area contributed by atoms with E-state index in [1.54, 1.807) is 11.1 Å². The first-order chi connectivity index (χ1) is 13.7. The van der Waals surface area contributed by atoms with Crippen LogP contribution in [0.4, 0.5) is 5.69 Å². The summed E-state index contributed by atoms with van der Waals surface area (Å²) in [6, 6.07) is 17.8. The molecule has 28 heavy (non-hydrogen) atoms. The van der Waals surface area contributed by atoms with Gasteiger partial charge in [0.05, 0.1) is 24.4 Å². The van der Waals surface area contributed by atoms with Crippen molar-refractivity contribution in [3.05, 3.63) is 65.9 Å². The summed E-state index contributed by atoms with van der Waals surface area (Å²) in [7, 11) is 0. The summed E-state index contributed by atoms with van der Waals surface area (Å²) in [6.07, 6.45) is 4.08. The number of aryl methyl sites for hydroxylation is 1. The Morgan fingerprint density at radius 3 is 2.75 bits per heavy atom. The molecule has 2 heterocycles. The first kappa shape index (κ1) is 17.7. The molecule has 4 rings (SSSR count). The van der Waals surface area contributed by atoms with Crippen molar-refractivity contribution in [2.75, 3.05) is 11.4 Å². The Kier molecular flexibility index (Phi) is 4.73. The zero-order chi connectivity index (χ0) is 19.5. The number of nitriles is 1. The van der Waals surface area contributed by atoms with Crippen LogP contribution >= 0.6 is 0 Å². The molecule has 0 saturated heterocycles. The lowest BCUT2D eigenvalue weighted by molar-refractivity contribution is -0.112. The zero-order valence-electron chi connectivity index (χ0n) is 15.5. The summed E-state index contributed by atoms with van der Waals surface area (Å²) in [5.74, 6) is -0.128. The smallest absolute Gasteiger partial charge is 0.279 e. The van der Waals surface area contributed by atoms with Crippen LogP contribution in [0.1, 0.15) is 24.5 Å². The Balaban J connectivity index is 1.69. The van der Waals surface area contributed by atoms with Crippen molar-refractivity contribution in [1.82, 2.24) is 4.57 Å². The molecule has 3 aromatic rings. The Morgan fingerprint density at radius 1 is 1.14 bits per heavy atom. The molecule has 0 fully saturated rings. The molecule has 1 amide bonds. The van der Waals surface area contributed by atoms with Crippen molar-refractivity contribution >= 4 is 34.4 Å². The van der Waals surface area contributed by atoms with Crippen molar-refractivity contribution in [3.8, 4) is 6.07 Å². The topological polar surface area (TPSA) is 73.8 Å². The van der Waals surface area contributed by atoms with Crippen LogP contribution in [-0.2, 0) is 11.3 Å². The number of hydrogen-bond acceptors (Lipinski definition) is 4. The lowest BCUT2D eigenvalue weighted by Gasteiger charge is -2.12. The maximum Gasteiger partial charge on any atom is 0.279 e. The average molecular weight is 369 g/mol. The molecule has 0 bridgehead atoms. The second-order valence-electron chi connectivity index (χ2n) is 6.46. The highest BCUT2D eigenvalue weighted by Gasteiger charge is 2.32. The van der Waals surface area contributed by atoms with Crippen LogP contribution in [0, 0.1) is 11.3 Å². The van der Waals surface area contributed by atoms with Crippen LogP contribution in [-0.4, -0.2) is 28.9 Å². The first-order valence-corrected chi connectivity index (χ1v) is 9.21. The Morgan fingerprint density at radius 2 is 1.93 bits per heavy atom. The number of hydrogen-bond donors (Lipinski definition) is 0. The van der Waals surface area contributed by atoms with Crippen LogP contribution in [0.25, 0.3) is 10.9 Å². The SMILES string of the molecule is CCN1C(=O)/C(=N/N=C\c2cn(CCC#N)c3ccccc23)c2ccccc21. The maximum absolute atomic E-state index is 12.7. The summed E-state index contributed by atoms with van der Waals surface area (Å²) < 4.78 is 2.04. The van der Waals surface area contributed by atoms with Crippen LogP contribution in [0.2, 0.25) is 0 Å². The van der Waals surface area contributed by atoms with E-state index < -0.39 is 0 Å². The molecule has 6 heteroatoms. The minimum atomic E-state index is -0.128. The summed E-state index contributed by atoms with van der Waals surface area (Å²) in [6.45, 7) is 3.15. The summed E-state index contributed by atoms with van der Waals surface area (Å²) in [5.41, 5.74) is 4.00. The van der Waals surface area contributed by atoms with Crippen LogP contribution in [0.5, 0.6) is 0 Å². The monoisotopic (exact) mass is 369 g/mol. The predicted molar refractivity (Wildman–Crippen MR) is 111 cm³/mol. The van der Waals surface area contributed by atoms with Gasteiger partial charge in [-0.05, 0) is 19.1 Å². The van der Waals surface area contributed by atoms with Crippen molar-refractivity contribution in [3.63, 3.8) is 0 Å². The van der Waals surface area contributed by atoms with Gasteiger partial charge in [0.2, 0.25) is 0 Å². The third-order valence-corrected chi connectivity index (χ3v) is 4.85. The highest BCUT2D eigenvalue weighted by atomic mass is 16.2. The van der Waals surface area contributed by atoms with Crippen molar-refractivity contribution in [2.24, 2.45) is 10.2 Å². The number of amides is 1. The number of nitrogens with zero attached hydrogens (tertiary/aromatic N) is 5. The van der Waals surface area contributed by atoms with Gasteiger partial charge in [0, 0.05) is 41.3 Å². The van der Waals surface area contributed by atoms with E-state index in [0.29, 0.717) is 25.2 Å². The van der Waals surface area contributed by atoms with Crippen molar-refractivity contribution in [1.29, 1.82) is 5.26 Å². The van der Waals surface area contributed by atoms with Crippen LogP contribution in [0.3, 0.4) is 0 Å². The fourth-order valence-corrected chi connectivity index (χ4v) is 3.55. The minimum Gasteiger partial charge on any atom is -0.346 e. The normalized spacial score (nSPS) is 14.9. The van der Waals surface area contributed by atoms with E-state index in [1.807, 2.05) is 66.2 Å². The maximum atomic E-state index is 12.7. The molecule has 0 unspecified atom stereocenters. The standard InChI is InChI=1S/C22H19N5O/c1-2-27-20-11-6-4-9-18(20)21(22(27)28)25-24-14-16-15-26(13-7-12-23)19-10-5-3-8-17(16)19/h3-6,8-11,14-15H,2,7,13H2,1H3/b24-14-,25-21+. The van der Waals surface area contributed by atoms with Gasteiger partial charge < -0.3 is 9.47 Å². The summed E-state index contributed by atoms with van der Waals surface area (Å²) >= 11 is 0. The van der Waals surface area contributed by atoms with Gasteiger partial charge in [-0.2, -0.15) is 10.4 Å². The van der Waals surface area contributed by atoms with E-state index in [9.17, 15) is 4.79 Å². The Labute approximate surface area is 163 Å². The molecule has 0 spiro atoms. The molecule has 0 aliphatic carbocycles. The van der Waals surface area contributed by atoms with Crippen LogP contribution < -0.4 is 4.90 Å². The molecular weight excluding hydrogens is 350 g/mol. The quantitative estimate of drug-likeness (QED) is 0.507. The Bertz CT molecular complexity index is 1150. The number of anilines is 1. The summed E-state index contributed by atoms with van der Waals surface area (Å²) in [4.78, 5) is 14.4.